The Kier molecular flexibility index (Phi) is 3.14. The number of allylic oxidation sites excluding steroid dienone is 1. The highest BCUT2D eigenvalue weighted by molar-refractivity contribution is 5.88. The first-order chi connectivity index (χ1) is 5.74. The predicted octanol–water partition coefficient (Wildman–Crippen LogP) is 1.62. The van der Waals surface area contributed by atoms with Crippen molar-refractivity contribution in [1.82, 2.24) is 4.90 Å². The van der Waals surface area contributed by atoms with Crippen molar-refractivity contribution in [2.75, 3.05) is 20.3 Å². The van der Waals surface area contributed by atoms with Gasteiger partial charge in [0.05, 0.1) is 6.61 Å². The van der Waals surface area contributed by atoms with Crippen LogP contribution in [0.1, 0.15) is 20.3 Å². The third-order valence-electron chi connectivity index (χ3n) is 1.83. The fourth-order valence-electron chi connectivity index (χ4n) is 0.916. The van der Waals surface area contributed by atoms with Gasteiger partial charge in [-0.15, -0.1) is 0 Å². The zero-order valence-electron chi connectivity index (χ0n) is 8.00. The van der Waals surface area contributed by atoms with Crippen LogP contribution in [0, 0.1) is 0 Å². The molecule has 12 heavy (non-hydrogen) atoms. The van der Waals surface area contributed by atoms with Gasteiger partial charge in [-0.1, -0.05) is 6.92 Å². The summed E-state index contributed by atoms with van der Waals surface area (Å²) in [5.41, 5.74) is 1.20. The molecule has 0 saturated heterocycles. The Morgan fingerprint density at radius 1 is 1.67 bits per heavy atom. The highest BCUT2D eigenvalue weighted by atomic mass is 16.5. The fraction of sp³-hybridized carbons (Fsp3) is 0.667. The second kappa shape index (κ2) is 4.14. The van der Waals surface area contributed by atoms with E-state index in [4.69, 9.17) is 4.74 Å². The van der Waals surface area contributed by atoms with Crippen LogP contribution in [0.4, 0.5) is 0 Å². The van der Waals surface area contributed by atoms with Gasteiger partial charge in [0.1, 0.15) is 6.67 Å². The molecule has 0 unspecified atom stereocenters. The summed E-state index contributed by atoms with van der Waals surface area (Å²) in [6.07, 6.45) is 3.00. The summed E-state index contributed by atoms with van der Waals surface area (Å²) in [5, 5.41) is 0. The standard InChI is InChI=1S/C9H16N2O/c1-4-5-12-9-6-8(2)11(3)7-10-9/h6H,4-5,7H2,1-3H3. The Labute approximate surface area is 73.7 Å². The Balaban J connectivity index is 2.47. The van der Waals surface area contributed by atoms with Crippen LogP contribution in [0.15, 0.2) is 16.8 Å². The molecule has 0 bridgehead atoms. The molecule has 0 fully saturated rings. The van der Waals surface area contributed by atoms with Crippen LogP contribution in [0.2, 0.25) is 0 Å². The molecule has 1 heterocycles. The topological polar surface area (TPSA) is 24.8 Å². The molecule has 68 valence electrons. The Bertz CT molecular complexity index is 209. The normalized spacial score (nSPS) is 17.1. The average molecular weight is 168 g/mol. The van der Waals surface area contributed by atoms with E-state index in [1.54, 1.807) is 0 Å². The van der Waals surface area contributed by atoms with Crippen molar-refractivity contribution in [1.29, 1.82) is 0 Å². The molecule has 0 aromatic heterocycles. The van der Waals surface area contributed by atoms with Crippen LogP contribution in [0.5, 0.6) is 0 Å². The minimum atomic E-state index is 0.710. The van der Waals surface area contributed by atoms with E-state index in [0.29, 0.717) is 6.67 Å². The number of hydrogen-bond donors (Lipinski definition) is 0. The van der Waals surface area contributed by atoms with E-state index >= 15 is 0 Å². The minimum Gasteiger partial charge on any atom is -0.478 e. The molecule has 0 radical (unpaired) electrons. The number of nitrogens with zero attached hydrogens (tertiary/aromatic N) is 2. The molecular weight excluding hydrogens is 152 g/mol. The maximum atomic E-state index is 5.40. The van der Waals surface area contributed by atoms with E-state index in [9.17, 15) is 0 Å². The molecule has 0 N–H and O–H groups in total. The molecule has 0 aliphatic carbocycles. The third-order valence-corrected chi connectivity index (χ3v) is 1.83. The van der Waals surface area contributed by atoms with Crippen LogP contribution in [-0.2, 0) is 4.74 Å². The largest absolute Gasteiger partial charge is 0.478 e. The number of hydrogen-bond acceptors (Lipinski definition) is 3. The van der Waals surface area contributed by atoms with Crippen molar-refractivity contribution in [3.8, 4) is 0 Å². The van der Waals surface area contributed by atoms with Gasteiger partial charge in [-0.25, -0.2) is 4.99 Å². The second-order valence-corrected chi connectivity index (χ2v) is 2.97. The van der Waals surface area contributed by atoms with Gasteiger partial charge in [0.15, 0.2) is 0 Å². The maximum Gasteiger partial charge on any atom is 0.212 e. The number of aliphatic imine (C=N–C) groups is 1. The molecule has 3 heteroatoms. The van der Waals surface area contributed by atoms with Gasteiger partial charge in [-0.2, -0.15) is 0 Å². The van der Waals surface area contributed by atoms with Crippen LogP contribution in [-0.4, -0.2) is 31.1 Å². The van der Waals surface area contributed by atoms with Crippen molar-refractivity contribution in [3.63, 3.8) is 0 Å². The molecular formula is C9H16N2O. The zero-order valence-corrected chi connectivity index (χ0v) is 8.00. The van der Waals surface area contributed by atoms with Crippen molar-refractivity contribution in [2.24, 2.45) is 4.99 Å². The highest BCUT2D eigenvalue weighted by Gasteiger charge is 2.07. The number of rotatable bonds is 2. The molecule has 0 atom stereocenters. The monoisotopic (exact) mass is 168 g/mol. The van der Waals surface area contributed by atoms with E-state index in [-0.39, 0.29) is 0 Å². The lowest BCUT2D eigenvalue weighted by atomic mass is 10.3. The molecule has 1 aliphatic heterocycles. The summed E-state index contributed by atoms with van der Waals surface area (Å²) in [6.45, 7) is 5.61. The summed E-state index contributed by atoms with van der Waals surface area (Å²) >= 11 is 0. The molecule has 0 amide bonds. The van der Waals surface area contributed by atoms with Gasteiger partial charge in [-0.3, -0.25) is 0 Å². The Hall–Kier alpha value is -0.990. The quantitative estimate of drug-likeness (QED) is 0.626. The lowest BCUT2D eigenvalue weighted by Gasteiger charge is -2.22. The smallest absolute Gasteiger partial charge is 0.212 e. The molecule has 1 rings (SSSR count). The molecule has 3 nitrogen and oxygen atoms in total. The zero-order chi connectivity index (χ0) is 8.97. The minimum absolute atomic E-state index is 0.710. The van der Waals surface area contributed by atoms with Gasteiger partial charge >= 0.3 is 0 Å². The third kappa shape index (κ3) is 2.26. The first-order valence-electron chi connectivity index (χ1n) is 4.30. The summed E-state index contributed by atoms with van der Waals surface area (Å²) in [7, 11) is 2.02. The van der Waals surface area contributed by atoms with Crippen molar-refractivity contribution >= 4 is 5.90 Å². The van der Waals surface area contributed by atoms with Gasteiger partial charge < -0.3 is 9.64 Å². The molecule has 0 saturated carbocycles. The number of ether oxygens (including phenoxy) is 1. The van der Waals surface area contributed by atoms with E-state index < -0.39 is 0 Å². The summed E-state index contributed by atoms with van der Waals surface area (Å²) < 4.78 is 5.40. The van der Waals surface area contributed by atoms with Crippen molar-refractivity contribution in [2.45, 2.75) is 20.3 Å². The fourth-order valence-corrected chi connectivity index (χ4v) is 0.916. The van der Waals surface area contributed by atoms with Crippen LogP contribution in [0.3, 0.4) is 0 Å². The summed E-state index contributed by atoms with van der Waals surface area (Å²) in [5.74, 6) is 0.771. The SMILES string of the molecule is CCCOC1=NCN(C)C(C)=C1. The van der Waals surface area contributed by atoms with Gasteiger partial charge in [0.25, 0.3) is 0 Å². The van der Waals surface area contributed by atoms with E-state index in [1.165, 1.54) is 5.70 Å². The molecule has 0 spiro atoms. The molecule has 0 aromatic rings. The Morgan fingerprint density at radius 2 is 2.42 bits per heavy atom. The van der Waals surface area contributed by atoms with E-state index in [1.807, 2.05) is 13.1 Å². The first-order valence-corrected chi connectivity index (χ1v) is 4.30. The maximum absolute atomic E-state index is 5.40. The van der Waals surface area contributed by atoms with Gasteiger partial charge in [0.2, 0.25) is 5.90 Å². The van der Waals surface area contributed by atoms with Gasteiger partial charge in [0, 0.05) is 18.8 Å². The van der Waals surface area contributed by atoms with Crippen LogP contribution < -0.4 is 0 Å². The van der Waals surface area contributed by atoms with E-state index in [2.05, 4.69) is 23.7 Å². The average Bonchev–Trinajstić information content (AvgIpc) is 2.07. The highest BCUT2D eigenvalue weighted by Crippen LogP contribution is 2.06. The summed E-state index contributed by atoms with van der Waals surface area (Å²) in [6, 6.07) is 0. The second-order valence-electron chi connectivity index (χ2n) is 2.97. The van der Waals surface area contributed by atoms with Gasteiger partial charge in [-0.05, 0) is 13.3 Å². The molecule has 0 aromatic carbocycles. The lowest BCUT2D eigenvalue weighted by molar-refractivity contribution is 0.296. The Morgan fingerprint density at radius 3 is 3.00 bits per heavy atom. The van der Waals surface area contributed by atoms with E-state index in [0.717, 1.165) is 18.9 Å². The van der Waals surface area contributed by atoms with Crippen LogP contribution >= 0.6 is 0 Å². The molecule has 1 aliphatic rings. The lowest BCUT2D eigenvalue weighted by Crippen LogP contribution is -2.23. The van der Waals surface area contributed by atoms with Crippen molar-refractivity contribution < 1.29 is 4.74 Å². The van der Waals surface area contributed by atoms with Crippen molar-refractivity contribution in [3.05, 3.63) is 11.8 Å². The summed E-state index contributed by atoms with van der Waals surface area (Å²) in [4.78, 5) is 6.32. The first kappa shape index (κ1) is 9.10. The van der Waals surface area contributed by atoms with Crippen LogP contribution in [0.25, 0.3) is 0 Å². The predicted molar refractivity (Wildman–Crippen MR) is 50.1 cm³/mol.